The van der Waals surface area contributed by atoms with Gasteiger partial charge in [0.1, 0.15) is 5.75 Å². The van der Waals surface area contributed by atoms with Crippen LogP contribution in [-0.2, 0) is 7.05 Å². The minimum absolute atomic E-state index is 0.599. The normalized spacial score (nSPS) is 13.9. The van der Waals surface area contributed by atoms with Crippen molar-refractivity contribution in [2.45, 2.75) is 6.92 Å². The largest absolute Gasteiger partial charge is 0.425 e. The molecule has 0 atom stereocenters. The Balaban J connectivity index is 1.53. The van der Waals surface area contributed by atoms with E-state index in [1.165, 1.54) is 0 Å². The fraction of sp³-hybridized carbons (Fsp3) is 0.211. The molecule has 0 fully saturated rings. The Bertz CT molecular complexity index is 882. The maximum atomic E-state index is 5.96. The number of nitrogens with zero attached hydrogens (tertiary/aromatic N) is 4. The van der Waals surface area contributed by atoms with Gasteiger partial charge in [0.05, 0.1) is 17.7 Å². The lowest BCUT2D eigenvalue weighted by molar-refractivity contribution is 0.426. The average molecular weight is 320 g/mol. The van der Waals surface area contributed by atoms with Gasteiger partial charge in [0.2, 0.25) is 0 Å². The van der Waals surface area contributed by atoms with Crippen LogP contribution in [-0.4, -0.2) is 27.7 Å². The first-order valence-electron chi connectivity index (χ1n) is 8.13. The Morgan fingerprint density at radius 2 is 1.83 bits per heavy atom. The summed E-state index contributed by atoms with van der Waals surface area (Å²) in [7, 11) is 1.97. The zero-order valence-corrected chi connectivity index (χ0v) is 13.9. The van der Waals surface area contributed by atoms with Crippen LogP contribution < -0.4 is 9.64 Å². The fourth-order valence-electron chi connectivity index (χ4n) is 2.86. The van der Waals surface area contributed by atoms with Crippen LogP contribution in [0.15, 0.2) is 60.9 Å². The predicted molar refractivity (Wildman–Crippen MR) is 96.1 cm³/mol. The topological polar surface area (TPSA) is 33.5 Å². The zero-order valence-electron chi connectivity index (χ0n) is 13.9. The molecule has 1 aliphatic rings. The Kier molecular flexibility index (Phi) is 3.61. The van der Waals surface area contributed by atoms with Gasteiger partial charge in [-0.2, -0.15) is 4.98 Å². The monoisotopic (exact) mass is 320 g/mol. The quantitative estimate of drug-likeness (QED) is 0.729. The van der Waals surface area contributed by atoms with Crippen molar-refractivity contribution in [2.75, 3.05) is 18.1 Å². The van der Waals surface area contributed by atoms with Gasteiger partial charge >= 0.3 is 6.01 Å². The Labute approximate surface area is 141 Å². The summed E-state index contributed by atoms with van der Waals surface area (Å²) in [6, 6.07) is 16.7. The molecule has 1 aromatic heterocycles. The molecule has 0 saturated carbocycles. The number of imidazole rings is 1. The van der Waals surface area contributed by atoms with Gasteiger partial charge in [0.25, 0.3) is 0 Å². The van der Waals surface area contributed by atoms with E-state index in [1.807, 2.05) is 48.0 Å². The second-order valence-corrected chi connectivity index (χ2v) is 5.85. The number of benzene rings is 2. The van der Waals surface area contributed by atoms with Crippen LogP contribution in [0.4, 0.5) is 5.69 Å². The zero-order chi connectivity index (χ0) is 16.5. The van der Waals surface area contributed by atoms with Crippen molar-refractivity contribution in [3.05, 3.63) is 60.9 Å². The summed E-state index contributed by atoms with van der Waals surface area (Å²) < 4.78 is 7.92. The molecule has 0 unspecified atom stereocenters. The van der Waals surface area contributed by atoms with Gasteiger partial charge in [-0.3, -0.25) is 4.57 Å². The molecule has 2 aromatic carbocycles. The molecule has 122 valence electrons. The third-order valence-corrected chi connectivity index (χ3v) is 4.32. The lowest BCUT2D eigenvalue weighted by atomic mass is 10.3. The SMILES string of the molecule is CCN1C=CN(c2ccc(Oc3nc4ccccc4n3C)cc2)C1. The van der Waals surface area contributed by atoms with Gasteiger partial charge in [-0.15, -0.1) is 0 Å². The lowest BCUT2D eigenvalue weighted by Crippen LogP contribution is -2.24. The second-order valence-electron chi connectivity index (χ2n) is 5.85. The molecule has 0 bridgehead atoms. The molecule has 0 aliphatic carbocycles. The number of ether oxygens (including phenoxy) is 1. The van der Waals surface area contributed by atoms with E-state index >= 15 is 0 Å². The number of rotatable bonds is 4. The maximum absolute atomic E-state index is 5.96. The molecule has 5 heteroatoms. The Morgan fingerprint density at radius 1 is 1.04 bits per heavy atom. The molecule has 3 aromatic rings. The van der Waals surface area contributed by atoms with Gasteiger partial charge in [0.15, 0.2) is 0 Å². The summed E-state index contributed by atoms with van der Waals surface area (Å²) in [5.41, 5.74) is 3.15. The summed E-state index contributed by atoms with van der Waals surface area (Å²) in [6.07, 6.45) is 4.22. The average Bonchev–Trinajstić information content (AvgIpc) is 3.22. The molecule has 4 rings (SSSR count). The molecule has 0 amide bonds. The van der Waals surface area contributed by atoms with Gasteiger partial charge in [-0.1, -0.05) is 12.1 Å². The number of fused-ring (bicyclic) bond motifs is 1. The Morgan fingerprint density at radius 3 is 2.54 bits per heavy atom. The molecule has 1 aliphatic heterocycles. The van der Waals surface area contributed by atoms with Crippen molar-refractivity contribution >= 4 is 16.7 Å². The molecule has 0 spiro atoms. The van der Waals surface area contributed by atoms with Gasteiger partial charge in [0, 0.05) is 31.7 Å². The number of aryl methyl sites for hydroxylation is 1. The van der Waals surface area contributed by atoms with Gasteiger partial charge < -0.3 is 14.5 Å². The van der Waals surface area contributed by atoms with E-state index in [0.29, 0.717) is 6.01 Å². The molecule has 0 radical (unpaired) electrons. The first-order chi connectivity index (χ1) is 11.7. The molecule has 0 N–H and O–H groups in total. The molecular weight excluding hydrogens is 300 g/mol. The molecule has 24 heavy (non-hydrogen) atoms. The van der Waals surface area contributed by atoms with Crippen molar-refractivity contribution < 1.29 is 4.74 Å². The highest BCUT2D eigenvalue weighted by Crippen LogP contribution is 2.27. The number of hydrogen-bond acceptors (Lipinski definition) is 4. The standard InChI is InChI=1S/C19H20N4O/c1-3-22-12-13-23(14-22)15-8-10-16(11-9-15)24-19-20-17-6-4-5-7-18(17)21(19)2/h4-13H,3,14H2,1-2H3. The maximum Gasteiger partial charge on any atom is 0.302 e. The smallest absolute Gasteiger partial charge is 0.302 e. The van der Waals surface area contributed by atoms with E-state index in [9.17, 15) is 0 Å². The van der Waals surface area contributed by atoms with E-state index in [1.54, 1.807) is 0 Å². The molecular formula is C19H20N4O. The van der Waals surface area contributed by atoms with Crippen LogP contribution in [0.3, 0.4) is 0 Å². The van der Waals surface area contributed by atoms with Crippen LogP contribution in [0.25, 0.3) is 11.0 Å². The summed E-state index contributed by atoms with van der Waals surface area (Å²) in [6.45, 7) is 4.06. The number of aromatic nitrogens is 2. The van der Waals surface area contributed by atoms with Crippen LogP contribution in [0, 0.1) is 0 Å². The predicted octanol–water partition coefficient (Wildman–Crippen LogP) is 3.94. The third-order valence-electron chi connectivity index (χ3n) is 4.32. The van der Waals surface area contributed by atoms with Gasteiger partial charge in [-0.05, 0) is 43.3 Å². The van der Waals surface area contributed by atoms with Crippen LogP contribution >= 0.6 is 0 Å². The number of hydrogen-bond donors (Lipinski definition) is 0. The Hall–Kier alpha value is -2.95. The molecule has 0 saturated heterocycles. The van der Waals surface area contributed by atoms with Crippen molar-refractivity contribution in [3.8, 4) is 11.8 Å². The van der Waals surface area contributed by atoms with Crippen molar-refractivity contribution in [1.29, 1.82) is 0 Å². The highest BCUT2D eigenvalue weighted by Gasteiger charge is 2.13. The van der Waals surface area contributed by atoms with Crippen LogP contribution in [0.1, 0.15) is 6.92 Å². The first-order valence-corrected chi connectivity index (χ1v) is 8.13. The minimum Gasteiger partial charge on any atom is -0.425 e. The van der Waals surface area contributed by atoms with Crippen LogP contribution in [0.2, 0.25) is 0 Å². The number of anilines is 1. The highest BCUT2D eigenvalue weighted by atomic mass is 16.5. The lowest BCUT2D eigenvalue weighted by Gasteiger charge is -2.20. The first kappa shape index (κ1) is 14.6. The number of para-hydroxylation sites is 2. The van der Waals surface area contributed by atoms with E-state index in [0.717, 1.165) is 35.7 Å². The second kappa shape index (κ2) is 5.92. The van der Waals surface area contributed by atoms with E-state index < -0.39 is 0 Å². The summed E-state index contributed by atoms with van der Waals surface area (Å²) in [4.78, 5) is 9.01. The summed E-state index contributed by atoms with van der Waals surface area (Å²) in [5, 5.41) is 0. The van der Waals surface area contributed by atoms with Crippen LogP contribution in [0.5, 0.6) is 11.8 Å². The van der Waals surface area contributed by atoms with Crippen molar-refractivity contribution in [3.63, 3.8) is 0 Å². The van der Waals surface area contributed by atoms with E-state index in [-0.39, 0.29) is 0 Å². The van der Waals surface area contributed by atoms with Crippen molar-refractivity contribution in [2.24, 2.45) is 7.05 Å². The van der Waals surface area contributed by atoms with E-state index in [4.69, 9.17) is 4.74 Å². The summed E-state index contributed by atoms with van der Waals surface area (Å²) in [5.74, 6) is 0.785. The fourth-order valence-corrected chi connectivity index (χ4v) is 2.86. The molecule has 5 nitrogen and oxygen atoms in total. The molecule has 2 heterocycles. The summed E-state index contributed by atoms with van der Waals surface area (Å²) >= 11 is 0. The highest BCUT2D eigenvalue weighted by molar-refractivity contribution is 5.76. The van der Waals surface area contributed by atoms with Crippen molar-refractivity contribution in [1.82, 2.24) is 14.5 Å². The third kappa shape index (κ3) is 2.58. The minimum atomic E-state index is 0.599. The van der Waals surface area contributed by atoms with E-state index in [2.05, 4.69) is 46.2 Å². The van der Waals surface area contributed by atoms with Gasteiger partial charge in [-0.25, -0.2) is 0 Å².